The third kappa shape index (κ3) is 21.8. The summed E-state index contributed by atoms with van der Waals surface area (Å²) in [7, 11) is 3.07. The van der Waals surface area contributed by atoms with Crippen molar-refractivity contribution < 1.29 is 77.3 Å². The van der Waals surface area contributed by atoms with Crippen molar-refractivity contribution in [2.24, 2.45) is 35.3 Å². The van der Waals surface area contributed by atoms with Gasteiger partial charge in [0.15, 0.2) is 5.78 Å². The Morgan fingerprint density at radius 1 is 0.750 bits per heavy atom. The Morgan fingerprint density at radius 2 is 1.43 bits per heavy atom. The highest BCUT2D eigenvalue weighted by atomic mass is 16.6. The number of piperidine rings is 1. The van der Waals surface area contributed by atoms with Crippen LogP contribution in [-0.4, -0.2) is 245 Å². The van der Waals surface area contributed by atoms with Gasteiger partial charge < -0.3 is 74.4 Å². The number of aryl methyl sites for hydroxylation is 1. The molecule has 100 heavy (non-hydrogen) atoms. The standard InChI is InChI=1S/C73H109N11O16/c1-46-15-11-10-12-16-48(3)60(95-8)39-55-20-18-52(7)73(94,100-55)67(90)68(91)84-23-14-13-17-57(84)69(92)98-61(40-58(85)49(4)36-51(6)65(88)66(89)64(87)50(5)35-46)56(74)37-53-19-21-59(62(38-53)96-9)99-72(93)79-45-54-43-77-71(78-44-54)83-30-28-81(29-31-83)63(86)22-33-97-34-32-80-24-26-82(27-25-80)70-75-41-47(2)42-76-70/h10-12,15-16,36,41-44,46,49-50,52-53,55-57,59-62,65-66,88-89,94H,13-14,17-35,37-40,45,74H2,1-9H3,(H,79,93)/b12-10?,15-11+,48-16?,51-36+/t46-,49-,50?,52-,53?,55+,56-,57+,59-,60+,61+,62-,65-,66+,73-/m1/s1. The van der Waals surface area contributed by atoms with Crippen LogP contribution in [-0.2, 0) is 63.7 Å². The number of anilines is 2. The number of hydrogen-bond donors (Lipinski definition) is 5. The number of piperazine rings is 2. The lowest BCUT2D eigenvalue weighted by Crippen LogP contribution is -2.61. The Morgan fingerprint density at radius 3 is 2.11 bits per heavy atom. The summed E-state index contributed by atoms with van der Waals surface area (Å²) in [6.07, 6.45) is 14.0. The van der Waals surface area contributed by atoms with E-state index in [1.807, 2.05) is 73.3 Å². The molecule has 5 fully saturated rings. The van der Waals surface area contributed by atoms with Crippen molar-refractivity contribution in [1.29, 1.82) is 0 Å². The monoisotopic (exact) mass is 1400 g/mol. The molecule has 27 heteroatoms. The molecule has 4 saturated heterocycles. The van der Waals surface area contributed by atoms with Crippen LogP contribution in [0.1, 0.15) is 136 Å². The number of amides is 3. The second kappa shape index (κ2) is 37.8. The van der Waals surface area contributed by atoms with Gasteiger partial charge in [-0.1, -0.05) is 64.2 Å². The molecule has 3 amide bonds. The zero-order valence-electron chi connectivity index (χ0n) is 60.0. The highest BCUT2D eigenvalue weighted by Crippen LogP contribution is 2.38. The summed E-state index contributed by atoms with van der Waals surface area (Å²) in [4.78, 5) is 125. The predicted octanol–water partition coefficient (Wildman–Crippen LogP) is 4.92. The molecule has 1 saturated carbocycles. The molecule has 6 N–H and O–H groups in total. The van der Waals surface area contributed by atoms with Crippen molar-refractivity contribution in [3.63, 3.8) is 0 Å². The number of rotatable bonds is 16. The zero-order chi connectivity index (χ0) is 72.2. The van der Waals surface area contributed by atoms with E-state index in [0.29, 0.717) is 109 Å². The maximum absolute atomic E-state index is 14.7. The minimum Gasteiger partial charge on any atom is -0.459 e. The number of alkyl carbamates (subject to hydrolysis) is 1. The number of fused-ring (bicyclic) bond motifs is 3. The molecule has 2 aromatic rings. The molecule has 6 aliphatic rings. The fourth-order valence-corrected chi connectivity index (χ4v) is 14.2. The normalized spacial score (nSPS) is 31.5. The third-order valence-corrected chi connectivity index (χ3v) is 20.7. The van der Waals surface area contributed by atoms with Crippen LogP contribution in [0.25, 0.3) is 0 Å². The van der Waals surface area contributed by atoms with Gasteiger partial charge in [-0.25, -0.2) is 29.5 Å². The van der Waals surface area contributed by atoms with Gasteiger partial charge in [0.2, 0.25) is 23.6 Å². The number of nitrogens with one attached hydrogen (secondary N) is 1. The third-order valence-electron chi connectivity index (χ3n) is 20.7. The van der Waals surface area contributed by atoms with E-state index in [0.717, 1.165) is 54.7 Å². The van der Waals surface area contributed by atoms with Crippen LogP contribution in [0.15, 0.2) is 72.4 Å². The summed E-state index contributed by atoms with van der Waals surface area (Å²) < 4.78 is 36.0. The Kier molecular flexibility index (Phi) is 29.8. The summed E-state index contributed by atoms with van der Waals surface area (Å²) in [6, 6.07) is -2.25. The molecule has 2 unspecified atom stereocenters. The molecule has 27 nitrogen and oxygen atoms in total. The fourth-order valence-electron chi connectivity index (χ4n) is 14.2. The van der Waals surface area contributed by atoms with Crippen molar-refractivity contribution in [3.8, 4) is 0 Å². The number of ether oxygens (including phenoxy) is 6. The summed E-state index contributed by atoms with van der Waals surface area (Å²) >= 11 is 0. The van der Waals surface area contributed by atoms with Crippen molar-refractivity contribution in [2.45, 2.75) is 199 Å². The fraction of sp³-hybridized carbons (Fsp3) is 0.685. The van der Waals surface area contributed by atoms with Crippen molar-refractivity contribution in [3.05, 3.63) is 83.5 Å². The first-order valence-corrected chi connectivity index (χ1v) is 35.9. The number of nitrogens with two attached hydrogens (primary N) is 1. The van der Waals surface area contributed by atoms with Crippen molar-refractivity contribution in [1.82, 2.24) is 40.0 Å². The molecule has 0 aromatic carbocycles. The zero-order valence-corrected chi connectivity index (χ0v) is 60.0. The molecule has 1 aliphatic carbocycles. The Labute approximate surface area is 588 Å². The van der Waals surface area contributed by atoms with E-state index in [1.165, 1.54) is 20.1 Å². The number of nitrogens with zero attached hydrogens (tertiary/aromatic N) is 9. The van der Waals surface area contributed by atoms with E-state index < -0.39 is 120 Å². The lowest BCUT2D eigenvalue weighted by molar-refractivity contribution is -0.265. The first-order chi connectivity index (χ1) is 47.8. The minimum absolute atomic E-state index is 0.00137. The topological polar surface area (TPSA) is 341 Å². The molecule has 8 rings (SSSR count). The lowest BCUT2D eigenvalue weighted by Gasteiger charge is -2.42. The maximum atomic E-state index is 14.7. The predicted molar refractivity (Wildman–Crippen MR) is 372 cm³/mol. The molecular weight excluding hydrogens is 1290 g/mol. The van der Waals surface area contributed by atoms with Gasteiger partial charge in [-0.05, 0) is 114 Å². The second-order valence-corrected chi connectivity index (χ2v) is 28.3. The number of allylic oxidation sites excluding steroid dienone is 6. The van der Waals surface area contributed by atoms with Crippen LogP contribution in [0.2, 0.25) is 0 Å². The minimum atomic E-state index is -2.51. The van der Waals surface area contributed by atoms with E-state index in [1.54, 1.807) is 40.3 Å². The van der Waals surface area contributed by atoms with Crippen molar-refractivity contribution in [2.75, 3.05) is 103 Å². The first kappa shape index (κ1) is 78.8. The van der Waals surface area contributed by atoms with Gasteiger partial charge in [-0.2, -0.15) is 0 Å². The number of carbonyl (C=O) groups excluding carboxylic acids is 7. The van der Waals surface area contributed by atoms with Gasteiger partial charge in [-0.15, -0.1) is 0 Å². The SMILES string of the molecule is CO[C@H]1C[C@@H]2CC[C@@H](C)[C@@](O)(O2)C(=O)C(=O)N2CCCC[C@H]2C(=O)O[C@H]([C@H](N)CC2CC[C@@H](OC(=O)NCc3cnc(N4CCN(C(=O)CCOCCN5CCN(c6ncc(C)cn6)CC5)CC4)nc3)[C@H](OC)C2)CC(=O)[C@H](C)/C=C(\C)[C@@H](O)[C@@H](O)C(=O)C(C)C[C@H](C)/C=C/C=CC=C1C. The van der Waals surface area contributed by atoms with E-state index in [2.05, 4.69) is 35.1 Å². The van der Waals surface area contributed by atoms with E-state index in [-0.39, 0.29) is 55.7 Å². The molecule has 7 heterocycles. The summed E-state index contributed by atoms with van der Waals surface area (Å²) in [5.74, 6) is -7.96. The number of ketones is 3. The number of aliphatic hydroxyl groups is 3. The van der Waals surface area contributed by atoms with Crippen LogP contribution in [0.3, 0.4) is 0 Å². The molecule has 5 aliphatic heterocycles. The van der Waals surface area contributed by atoms with Gasteiger partial charge in [0, 0.05) is 153 Å². The van der Waals surface area contributed by atoms with Gasteiger partial charge in [-0.3, -0.25) is 28.9 Å². The van der Waals surface area contributed by atoms with Crippen LogP contribution in [0, 0.1) is 36.5 Å². The largest absolute Gasteiger partial charge is 0.459 e. The van der Waals surface area contributed by atoms with E-state index >= 15 is 0 Å². The number of carbonyl (C=O) groups is 7. The Balaban J connectivity index is 0.843. The van der Waals surface area contributed by atoms with Crippen molar-refractivity contribution >= 4 is 53.1 Å². The number of methoxy groups -OCH3 is 2. The van der Waals surface area contributed by atoms with Gasteiger partial charge in [0.1, 0.15) is 36.2 Å². The molecule has 552 valence electrons. The van der Waals surface area contributed by atoms with Crippen LogP contribution >= 0.6 is 0 Å². The van der Waals surface area contributed by atoms with E-state index in [9.17, 15) is 48.9 Å². The summed E-state index contributed by atoms with van der Waals surface area (Å²) in [5.41, 5.74) is 9.72. The van der Waals surface area contributed by atoms with Crippen LogP contribution in [0.4, 0.5) is 16.7 Å². The average molecular weight is 1400 g/mol. The van der Waals surface area contributed by atoms with Crippen LogP contribution < -0.4 is 20.9 Å². The molecule has 0 radical (unpaired) electrons. The highest BCUT2D eigenvalue weighted by molar-refractivity contribution is 6.39. The number of hydrogen-bond acceptors (Lipinski definition) is 24. The summed E-state index contributed by atoms with van der Waals surface area (Å²) in [5, 5.41) is 37.4. The molecule has 15 atom stereocenters. The number of aliphatic hydroxyl groups excluding tert-OH is 2. The first-order valence-electron chi connectivity index (χ1n) is 35.9. The molecule has 0 spiro atoms. The number of esters is 1. The number of Topliss-reactive ketones (excluding diaryl/α,β-unsaturated/α-hetero) is 3. The van der Waals surface area contributed by atoms with Crippen LogP contribution in [0.5, 0.6) is 0 Å². The van der Waals surface area contributed by atoms with Gasteiger partial charge >= 0.3 is 12.1 Å². The smallest absolute Gasteiger partial charge is 0.407 e. The quantitative estimate of drug-likeness (QED) is 0.0644. The lowest BCUT2D eigenvalue weighted by atomic mass is 9.80. The Bertz CT molecular complexity index is 3170. The molecule has 2 bridgehead atoms. The number of cyclic esters (lactones) is 1. The maximum Gasteiger partial charge on any atom is 0.407 e. The molecule has 2 aromatic heterocycles. The highest BCUT2D eigenvalue weighted by Gasteiger charge is 2.53. The Hall–Kier alpha value is -6.95. The van der Waals surface area contributed by atoms with Gasteiger partial charge in [0.25, 0.3) is 11.7 Å². The summed E-state index contributed by atoms with van der Waals surface area (Å²) in [6.45, 7) is 19.7. The average Bonchev–Trinajstić information content (AvgIpc) is 0.773. The van der Waals surface area contributed by atoms with E-state index in [4.69, 9.17) is 34.2 Å². The number of aromatic nitrogens is 4. The molecular formula is C73H109N11O16. The van der Waals surface area contributed by atoms with Gasteiger partial charge in [0.05, 0.1) is 37.9 Å². The second-order valence-electron chi connectivity index (χ2n) is 28.3.